The summed E-state index contributed by atoms with van der Waals surface area (Å²) in [6.07, 6.45) is 6.97. The first-order valence-corrected chi connectivity index (χ1v) is 14.2. The number of nitrogens with zero attached hydrogens (tertiary/aromatic N) is 3. The number of fused-ring (bicyclic) bond motifs is 4. The molecular formula is C36H35FN4O. The van der Waals surface area contributed by atoms with E-state index in [1.807, 2.05) is 74.6 Å². The van der Waals surface area contributed by atoms with Crippen molar-refractivity contribution in [1.29, 1.82) is 0 Å². The van der Waals surface area contributed by atoms with E-state index in [1.165, 1.54) is 0 Å². The van der Waals surface area contributed by atoms with Gasteiger partial charge in [0, 0.05) is 52.9 Å². The van der Waals surface area contributed by atoms with Crippen LogP contribution in [0, 0.1) is 11.8 Å². The third-order valence-corrected chi connectivity index (χ3v) is 8.29. The molecular weight excluding hydrogens is 523 g/mol. The summed E-state index contributed by atoms with van der Waals surface area (Å²) in [7, 11) is 1.91. The number of allylic oxidation sites excluding steroid dienone is 5. The van der Waals surface area contributed by atoms with Gasteiger partial charge in [0.15, 0.2) is 11.6 Å². The number of ketones is 1. The predicted molar refractivity (Wildman–Crippen MR) is 170 cm³/mol. The third-order valence-electron chi connectivity index (χ3n) is 8.29. The molecule has 1 N–H and O–H groups in total. The van der Waals surface area contributed by atoms with Crippen LogP contribution in [0.5, 0.6) is 0 Å². The number of anilines is 1. The number of halogens is 1. The van der Waals surface area contributed by atoms with Gasteiger partial charge in [0.2, 0.25) is 0 Å². The smallest absolute Gasteiger partial charge is 0.161 e. The number of benzene rings is 2. The molecule has 3 unspecified atom stereocenters. The zero-order valence-corrected chi connectivity index (χ0v) is 24.1. The fourth-order valence-electron chi connectivity index (χ4n) is 6.16. The quantitative estimate of drug-likeness (QED) is 0.197. The summed E-state index contributed by atoms with van der Waals surface area (Å²) in [5, 5.41) is 3.95. The number of rotatable bonds is 5. The molecule has 42 heavy (non-hydrogen) atoms. The summed E-state index contributed by atoms with van der Waals surface area (Å²) in [4.78, 5) is 27.1. The first-order valence-electron chi connectivity index (χ1n) is 14.2. The van der Waals surface area contributed by atoms with Crippen LogP contribution in [0.25, 0.3) is 27.9 Å². The van der Waals surface area contributed by atoms with Gasteiger partial charge in [-0.3, -0.25) is 9.78 Å². The minimum absolute atomic E-state index is 0.0374. The number of carbonyl (C=O) groups is 1. The van der Waals surface area contributed by atoms with Gasteiger partial charge in [-0.1, -0.05) is 75.2 Å². The Labute approximate surface area is 246 Å². The zero-order chi connectivity index (χ0) is 29.8. The van der Waals surface area contributed by atoms with Crippen molar-refractivity contribution in [3.05, 3.63) is 127 Å². The molecule has 2 heterocycles. The summed E-state index contributed by atoms with van der Waals surface area (Å²) in [5.41, 5.74) is 6.12. The minimum atomic E-state index is -0.565. The van der Waals surface area contributed by atoms with Crippen LogP contribution < -0.4 is 5.32 Å². The summed E-state index contributed by atoms with van der Waals surface area (Å²) >= 11 is 0. The van der Waals surface area contributed by atoms with Gasteiger partial charge in [0.25, 0.3) is 0 Å². The topological polar surface area (TPSA) is 67.8 Å². The van der Waals surface area contributed by atoms with Gasteiger partial charge in [0.1, 0.15) is 5.83 Å². The second-order valence-electron chi connectivity index (χ2n) is 10.7. The number of carbonyl (C=O) groups excluding carboxylic acids is 1. The molecule has 0 saturated heterocycles. The number of hydrogen-bond donors (Lipinski definition) is 1. The van der Waals surface area contributed by atoms with E-state index in [-0.39, 0.29) is 23.5 Å². The SMILES string of the molecule is C=C/C=C(\C(=C)F)c1nc(-c2cccc3ncccc23)nc2c1CCC1C(C)C(=O)C(=C)CC21.CNc1ccccc1. The molecule has 0 radical (unpaired) electrons. The molecule has 1 fully saturated rings. The van der Waals surface area contributed by atoms with Gasteiger partial charge in [-0.2, -0.15) is 0 Å². The standard InChI is InChI=1S/C29H26FN3O.C7H9N/c1-5-8-20(18(4)30)26-23-13-12-19-17(3)28(34)16(2)15-24(19)27(23)33-29(32-26)22-9-6-11-25-21(22)10-7-14-31-25;1-8-7-5-3-2-4-6-7/h5-11,14,17,19,24H,1-2,4,12-13,15H2,3H3;2-6,8H,1H3/b20-8+;. The number of aromatic nitrogens is 3. The Bertz CT molecular complexity index is 1700. The van der Waals surface area contributed by atoms with Crippen molar-refractivity contribution in [2.24, 2.45) is 11.8 Å². The highest BCUT2D eigenvalue weighted by Crippen LogP contribution is 2.49. The molecule has 2 aliphatic carbocycles. The average molecular weight is 559 g/mol. The van der Waals surface area contributed by atoms with Gasteiger partial charge in [-0.15, -0.1) is 0 Å². The monoisotopic (exact) mass is 558 g/mol. The van der Waals surface area contributed by atoms with Crippen LogP contribution >= 0.6 is 0 Å². The highest BCUT2D eigenvalue weighted by Gasteiger charge is 2.43. The highest BCUT2D eigenvalue weighted by atomic mass is 19.1. The zero-order valence-electron chi connectivity index (χ0n) is 24.1. The second kappa shape index (κ2) is 12.4. The van der Waals surface area contributed by atoms with E-state index < -0.39 is 5.83 Å². The van der Waals surface area contributed by atoms with Gasteiger partial charge >= 0.3 is 0 Å². The van der Waals surface area contributed by atoms with Crippen LogP contribution in [-0.4, -0.2) is 27.8 Å². The Hall–Kier alpha value is -4.71. The molecule has 0 amide bonds. The Morgan fingerprint density at radius 1 is 1.07 bits per heavy atom. The van der Waals surface area contributed by atoms with E-state index in [1.54, 1.807) is 18.3 Å². The molecule has 0 aliphatic heterocycles. The maximum atomic E-state index is 14.7. The van der Waals surface area contributed by atoms with Crippen LogP contribution in [0.2, 0.25) is 0 Å². The first kappa shape index (κ1) is 28.8. The van der Waals surface area contributed by atoms with Crippen molar-refractivity contribution in [3.63, 3.8) is 0 Å². The van der Waals surface area contributed by atoms with Crippen molar-refractivity contribution in [2.45, 2.75) is 32.1 Å². The fourth-order valence-corrected chi connectivity index (χ4v) is 6.16. The fraction of sp³-hybridized carbons (Fsp3) is 0.222. The maximum Gasteiger partial charge on any atom is 0.161 e. The van der Waals surface area contributed by atoms with E-state index in [2.05, 4.69) is 30.0 Å². The second-order valence-corrected chi connectivity index (χ2v) is 10.7. The molecule has 6 heteroatoms. The summed E-state index contributed by atoms with van der Waals surface area (Å²) in [5.74, 6) is 0.196. The van der Waals surface area contributed by atoms with Crippen LogP contribution in [0.1, 0.15) is 42.6 Å². The maximum absolute atomic E-state index is 14.7. The van der Waals surface area contributed by atoms with Gasteiger partial charge in [0.05, 0.1) is 16.9 Å². The molecule has 2 aromatic carbocycles. The van der Waals surface area contributed by atoms with Crippen LogP contribution in [-0.2, 0) is 11.2 Å². The van der Waals surface area contributed by atoms with E-state index in [0.29, 0.717) is 35.5 Å². The summed E-state index contributed by atoms with van der Waals surface area (Å²) in [6, 6.07) is 19.8. The molecule has 0 spiro atoms. The minimum Gasteiger partial charge on any atom is -0.388 e. The first-order chi connectivity index (χ1) is 20.3. The molecule has 2 aliphatic rings. The number of nitrogens with one attached hydrogen (secondary N) is 1. The lowest BCUT2D eigenvalue weighted by molar-refractivity contribution is -0.122. The number of pyridine rings is 1. The van der Waals surface area contributed by atoms with Crippen LogP contribution in [0.15, 0.2) is 110 Å². The largest absolute Gasteiger partial charge is 0.388 e. The van der Waals surface area contributed by atoms with Crippen molar-refractivity contribution in [1.82, 2.24) is 15.0 Å². The van der Waals surface area contributed by atoms with Crippen molar-refractivity contribution < 1.29 is 9.18 Å². The third kappa shape index (κ3) is 5.57. The van der Waals surface area contributed by atoms with Gasteiger partial charge < -0.3 is 5.32 Å². The Balaban J connectivity index is 0.000000382. The lowest BCUT2D eigenvalue weighted by Gasteiger charge is -2.40. The highest BCUT2D eigenvalue weighted by molar-refractivity contribution is 5.98. The lowest BCUT2D eigenvalue weighted by atomic mass is 9.63. The molecule has 3 atom stereocenters. The van der Waals surface area contributed by atoms with E-state index >= 15 is 0 Å². The number of hydrogen-bond acceptors (Lipinski definition) is 5. The molecule has 212 valence electrons. The normalized spacial score (nSPS) is 19.7. The Morgan fingerprint density at radius 3 is 2.55 bits per heavy atom. The Kier molecular flexibility index (Phi) is 8.53. The molecule has 6 rings (SSSR count). The summed E-state index contributed by atoms with van der Waals surface area (Å²) in [6.45, 7) is 13.3. The predicted octanol–water partition coefficient (Wildman–Crippen LogP) is 8.28. The number of para-hydroxylation sites is 1. The van der Waals surface area contributed by atoms with Crippen LogP contribution in [0.4, 0.5) is 10.1 Å². The molecule has 5 nitrogen and oxygen atoms in total. The lowest BCUT2D eigenvalue weighted by Crippen LogP contribution is -2.37. The summed E-state index contributed by atoms with van der Waals surface area (Å²) < 4.78 is 14.7. The molecule has 2 aromatic heterocycles. The van der Waals surface area contributed by atoms with Crippen molar-refractivity contribution >= 4 is 27.9 Å². The van der Waals surface area contributed by atoms with Crippen LogP contribution in [0.3, 0.4) is 0 Å². The van der Waals surface area contributed by atoms with E-state index in [4.69, 9.17) is 9.97 Å². The number of Topliss-reactive ketones (excluding diaryl/α,β-unsaturated/α-hetero) is 1. The van der Waals surface area contributed by atoms with Crippen molar-refractivity contribution in [3.8, 4) is 11.4 Å². The van der Waals surface area contributed by atoms with E-state index in [0.717, 1.165) is 39.8 Å². The molecule has 1 saturated carbocycles. The Morgan fingerprint density at radius 2 is 1.86 bits per heavy atom. The van der Waals surface area contributed by atoms with E-state index in [9.17, 15) is 9.18 Å². The van der Waals surface area contributed by atoms with Crippen molar-refractivity contribution in [2.75, 3.05) is 12.4 Å². The van der Waals surface area contributed by atoms with Gasteiger partial charge in [-0.25, -0.2) is 14.4 Å². The average Bonchev–Trinajstić information content (AvgIpc) is 3.02. The van der Waals surface area contributed by atoms with Gasteiger partial charge in [-0.05, 0) is 55.0 Å². The molecule has 4 aromatic rings. The molecule has 0 bridgehead atoms.